The number of nitrogens with one attached hydrogen (secondary N) is 1. The van der Waals surface area contributed by atoms with Gasteiger partial charge in [0.05, 0.1) is 30.4 Å². The molecule has 5 nitrogen and oxygen atoms in total. The van der Waals surface area contributed by atoms with Crippen molar-refractivity contribution in [1.82, 2.24) is 4.90 Å². The van der Waals surface area contributed by atoms with Gasteiger partial charge in [-0.15, -0.1) is 0 Å². The molecule has 0 aliphatic heterocycles. The van der Waals surface area contributed by atoms with Crippen LogP contribution < -0.4 is 5.32 Å². The Balaban J connectivity index is 2.65. The van der Waals surface area contributed by atoms with Crippen molar-refractivity contribution >= 4 is 29.2 Å². The number of nitrogens with zero attached hydrogens (tertiary/aromatic N) is 1. The molecule has 0 saturated carbocycles. The fourth-order valence-electron chi connectivity index (χ4n) is 1.89. The van der Waals surface area contributed by atoms with Crippen LogP contribution in [0.15, 0.2) is 18.2 Å². The first-order chi connectivity index (χ1) is 10.3. The van der Waals surface area contributed by atoms with Gasteiger partial charge in [-0.3, -0.25) is 14.5 Å². The van der Waals surface area contributed by atoms with Crippen molar-refractivity contribution in [2.45, 2.75) is 33.7 Å². The predicted molar refractivity (Wildman–Crippen MR) is 88.2 cm³/mol. The third-order valence-corrected chi connectivity index (χ3v) is 3.43. The molecule has 0 fully saturated rings. The second-order valence-corrected chi connectivity index (χ2v) is 5.74. The standard InChI is InChI=1S/C16H23ClN2O3/c1-5-22-16(21)10-19(11(2)3)9-15(20)18-14-7-6-12(4)8-13(14)17/h6-8,11H,5,9-10H2,1-4H3,(H,18,20). The summed E-state index contributed by atoms with van der Waals surface area (Å²) >= 11 is 6.10. The van der Waals surface area contributed by atoms with Crippen LogP contribution in [0.5, 0.6) is 0 Å². The summed E-state index contributed by atoms with van der Waals surface area (Å²) in [7, 11) is 0. The van der Waals surface area contributed by atoms with Gasteiger partial charge in [-0.05, 0) is 45.4 Å². The first kappa shape index (κ1) is 18.5. The smallest absolute Gasteiger partial charge is 0.320 e. The number of rotatable bonds is 7. The van der Waals surface area contributed by atoms with Gasteiger partial charge < -0.3 is 10.1 Å². The van der Waals surface area contributed by atoms with Crippen molar-refractivity contribution in [1.29, 1.82) is 0 Å². The van der Waals surface area contributed by atoms with Crippen LogP contribution in [0, 0.1) is 6.92 Å². The summed E-state index contributed by atoms with van der Waals surface area (Å²) in [4.78, 5) is 25.5. The lowest BCUT2D eigenvalue weighted by atomic mass is 10.2. The van der Waals surface area contributed by atoms with Crippen molar-refractivity contribution < 1.29 is 14.3 Å². The summed E-state index contributed by atoms with van der Waals surface area (Å²) in [6, 6.07) is 5.47. The van der Waals surface area contributed by atoms with Gasteiger partial charge in [0.2, 0.25) is 5.91 Å². The fraction of sp³-hybridized carbons (Fsp3) is 0.500. The monoisotopic (exact) mass is 326 g/mol. The topological polar surface area (TPSA) is 58.6 Å². The molecule has 0 aliphatic rings. The second kappa shape index (κ2) is 8.76. The van der Waals surface area contributed by atoms with Gasteiger partial charge in [0, 0.05) is 6.04 Å². The molecule has 0 radical (unpaired) electrons. The number of hydrogen-bond acceptors (Lipinski definition) is 4. The number of carbonyl (C=O) groups is 2. The molecule has 1 aromatic carbocycles. The molecule has 1 N–H and O–H groups in total. The summed E-state index contributed by atoms with van der Waals surface area (Å²) in [5, 5.41) is 3.26. The number of esters is 1. The van der Waals surface area contributed by atoms with E-state index in [1.807, 2.05) is 26.8 Å². The van der Waals surface area contributed by atoms with Gasteiger partial charge in [-0.25, -0.2) is 0 Å². The lowest BCUT2D eigenvalue weighted by Gasteiger charge is -2.24. The first-order valence-electron chi connectivity index (χ1n) is 7.29. The highest BCUT2D eigenvalue weighted by Gasteiger charge is 2.18. The predicted octanol–water partition coefficient (Wildman–Crippen LogP) is 2.86. The van der Waals surface area contributed by atoms with Crippen LogP contribution in [0.25, 0.3) is 0 Å². The molecule has 0 heterocycles. The summed E-state index contributed by atoms with van der Waals surface area (Å²) in [6.07, 6.45) is 0. The minimum Gasteiger partial charge on any atom is -0.465 e. The molecule has 0 aliphatic carbocycles. The van der Waals surface area contributed by atoms with E-state index in [1.54, 1.807) is 24.0 Å². The highest BCUT2D eigenvalue weighted by Crippen LogP contribution is 2.22. The van der Waals surface area contributed by atoms with Crippen molar-refractivity contribution in [2.24, 2.45) is 0 Å². The number of anilines is 1. The average molecular weight is 327 g/mol. The van der Waals surface area contributed by atoms with E-state index in [0.29, 0.717) is 17.3 Å². The van der Waals surface area contributed by atoms with E-state index in [9.17, 15) is 9.59 Å². The van der Waals surface area contributed by atoms with Gasteiger partial charge in [0.15, 0.2) is 0 Å². The zero-order valence-electron chi connectivity index (χ0n) is 13.5. The van der Waals surface area contributed by atoms with Gasteiger partial charge in [0.1, 0.15) is 0 Å². The normalized spacial score (nSPS) is 10.9. The molecule has 1 rings (SSSR count). The van der Waals surface area contributed by atoms with E-state index in [2.05, 4.69) is 5.32 Å². The molecule has 122 valence electrons. The van der Waals surface area contributed by atoms with Crippen LogP contribution in [0.1, 0.15) is 26.3 Å². The Hall–Kier alpha value is -1.59. The number of carbonyl (C=O) groups excluding carboxylic acids is 2. The minimum atomic E-state index is -0.336. The first-order valence-corrected chi connectivity index (χ1v) is 7.67. The Morgan fingerprint density at radius 2 is 2.00 bits per heavy atom. The lowest BCUT2D eigenvalue weighted by Crippen LogP contribution is -2.41. The van der Waals surface area contributed by atoms with E-state index in [4.69, 9.17) is 16.3 Å². The maximum atomic E-state index is 12.1. The molecule has 6 heteroatoms. The van der Waals surface area contributed by atoms with Gasteiger partial charge in [0.25, 0.3) is 0 Å². The zero-order valence-corrected chi connectivity index (χ0v) is 14.2. The van der Waals surface area contributed by atoms with E-state index in [0.717, 1.165) is 5.56 Å². The Morgan fingerprint density at radius 1 is 1.32 bits per heavy atom. The van der Waals surface area contributed by atoms with Crippen molar-refractivity contribution in [3.8, 4) is 0 Å². The van der Waals surface area contributed by atoms with Crippen LogP contribution in [0.3, 0.4) is 0 Å². The number of halogens is 1. The fourth-order valence-corrected chi connectivity index (χ4v) is 2.17. The summed E-state index contributed by atoms with van der Waals surface area (Å²) in [5.74, 6) is -0.555. The van der Waals surface area contributed by atoms with Crippen LogP contribution in [0.2, 0.25) is 5.02 Å². The number of aryl methyl sites for hydroxylation is 1. The third-order valence-electron chi connectivity index (χ3n) is 3.11. The van der Waals surface area contributed by atoms with E-state index in [-0.39, 0.29) is 31.0 Å². The van der Waals surface area contributed by atoms with E-state index >= 15 is 0 Å². The number of benzene rings is 1. The second-order valence-electron chi connectivity index (χ2n) is 5.34. The largest absolute Gasteiger partial charge is 0.465 e. The van der Waals surface area contributed by atoms with Crippen LogP contribution >= 0.6 is 11.6 Å². The summed E-state index contributed by atoms with van der Waals surface area (Å²) in [6.45, 7) is 8.04. The number of amides is 1. The zero-order chi connectivity index (χ0) is 16.7. The summed E-state index contributed by atoms with van der Waals surface area (Å²) in [5.41, 5.74) is 1.59. The molecular weight excluding hydrogens is 304 g/mol. The molecule has 0 atom stereocenters. The van der Waals surface area contributed by atoms with Gasteiger partial charge in [-0.2, -0.15) is 0 Å². The highest BCUT2D eigenvalue weighted by molar-refractivity contribution is 6.33. The molecule has 22 heavy (non-hydrogen) atoms. The maximum absolute atomic E-state index is 12.1. The highest BCUT2D eigenvalue weighted by atomic mass is 35.5. The van der Waals surface area contributed by atoms with E-state index < -0.39 is 0 Å². The Bertz CT molecular complexity index is 532. The van der Waals surface area contributed by atoms with Crippen LogP contribution in [-0.2, 0) is 14.3 Å². The molecule has 0 saturated heterocycles. The Kier molecular flexibility index (Phi) is 7.35. The van der Waals surface area contributed by atoms with Crippen molar-refractivity contribution in [3.05, 3.63) is 28.8 Å². The van der Waals surface area contributed by atoms with Crippen molar-refractivity contribution in [2.75, 3.05) is 25.0 Å². The quantitative estimate of drug-likeness (QED) is 0.783. The van der Waals surface area contributed by atoms with E-state index in [1.165, 1.54) is 0 Å². The summed E-state index contributed by atoms with van der Waals surface area (Å²) < 4.78 is 4.92. The average Bonchev–Trinajstić information content (AvgIpc) is 2.41. The molecule has 1 aromatic rings. The molecule has 0 unspecified atom stereocenters. The van der Waals surface area contributed by atoms with Gasteiger partial charge >= 0.3 is 5.97 Å². The molecular formula is C16H23ClN2O3. The molecule has 0 aromatic heterocycles. The van der Waals surface area contributed by atoms with Crippen molar-refractivity contribution in [3.63, 3.8) is 0 Å². The molecule has 0 bridgehead atoms. The SMILES string of the molecule is CCOC(=O)CN(CC(=O)Nc1ccc(C)cc1Cl)C(C)C. The molecule has 0 spiro atoms. The van der Waals surface area contributed by atoms with Crippen LogP contribution in [-0.4, -0.2) is 42.5 Å². The Labute approximate surface area is 136 Å². The lowest BCUT2D eigenvalue weighted by molar-refractivity contribution is -0.145. The van der Waals surface area contributed by atoms with Crippen LogP contribution in [0.4, 0.5) is 5.69 Å². The number of ether oxygens (including phenoxy) is 1. The third kappa shape index (κ3) is 6.03. The minimum absolute atomic E-state index is 0.0450. The number of hydrogen-bond donors (Lipinski definition) is 1. The Morgan fingerprint density at radius 3 is 2.55 bits per heavy atom. The van der Waals surface area contributed by atoms with Gasteiger partial charge in [-0.1, -0.05) is 17.7 Å². The molecule has 1 amide bonds. The maximum Gasteiger partial charge on any atom is 0.320 e.